The minimum Gasteiger partial charge on any atom is -0.495 e. The number of benzene rings is 2. The van der Waals surface area contributed by atoms with Crippen LogP contribution >= 0.6 is 0 Å². The van der Waals surface area contributed by atoms with E-state index in [9.17, 15) is 14.7 Å². The number of aryl methyl sites for hydroxylation is 1. The molecule has 7 nitrogen and oxygen atoms in total. The van der Waals surface area contributed by atoms with E-state index in [1.807, 2.05) is 26.8 Å². The van der Waals surface area contributed by atoms with Crippen LogP contribution in [0, 0.1) is 24.7 Å². The SMILES string of the molecule is COc1c([C@@H](O)CC(C)C)ccc2c1C(=O)OCc1cc(C)cc(OC(=O)C3CCCCC3C)c1O2. The highest BCUT2D eigenvalue weighted by Gasteiger charge is 2.33. The molecule has 2 aliphatic rings. The van der Waals surface area contributed by atoms with Gasteiger partial charge in [-0.25, -0.2) is 4.79 Å². The minimum absolute atomic E-state index is 0.0540. The molecule has 194 valence electrons. The number of ether oxygens (including phenoxy) is 4. The van der Waals surface area contributed by atoms with Gasteiger partial charge in [0, 0.05) is 11.1 Å². The van der Waals surface area contributed by atoms with Crippen LogP contribution in [0.15, 0.2) is 24.3 Å². The number of hydrogen-bond donors (Lipinski definition) is 1. The van der Waals surface area contributed by atoms with Gasteiger partial charge < -0.3 is 24.1 Å². The van der Waals surface area contributed by atoms with Gasteiger partial charge in [0.15, 0.2) is 11.5 Å². The van der Waals surface area contributed by atoms with Gasteiger partial charge >= 0.3 is 11.9 Å². The Morgan fingerprint density at radius 3 is 2.64 bits per heavy atom. The predicted molar refractivity (Wildman–Crippen MR) is 135 cm³/mol. The summed E-state index contributed by atoms with van der Waals surface area (Å²) in [6.07, 6.45) is 3.66. The summed E-state index contributed by atoms with van der Waals surface area (Å²) >= 11 is 0. The quantitative estimate of drug-likeness (QED) is 0.372. The fraction of sp³-hybridized carbons (Fsp3) is 0.517. The van der Waals surface area contributed by atoms with Crippen molar-refractivity contribution in [2.45, 2.75) is 72.5 Å². The standard InChI is InChI=1S/C29H36O7/c1-16(2)12-22(30)21-10-11-23-25(27(21)33-5)29(32)34-15-19-13-17(3)14-24(26(19)35-23)36-28(31)20-9-7-6-8-18(20)4/h10-11,13-14,16,18,20,22,30H,6-9,12,15H2,1-5H3/t18?,20?,22-/m0/s1. The van der Waals surface area contributed by atoms with Crippen LogP contribution in [0.2, 0.25) is 0 Å². The average molecular weight is 497 g/mol. The zero-order valence-electron chi connectivity index (χ0n) is 21.8. The topological polar surface area (TPSA) is 91.3 Å². The molecular formula is C29H36O7. The molecule has 0 radical (unpaired) electrons. The molecule has 1 N–H and O–H groups in total. The smallest absolute Gasteiger partial charge is 0.346 e. The van der Waals surface area contributed by atoms with Crippen molar-refractivity contribution in [2.75, 3.05) is 7.11 Å². The monoisotopic (exact) mass is 496 g/mol. The van der Waals surface area contributed by atoms with Crippen molar-refractivity contribution in [3.05, 3.63) is 46.5 Å². The molecule has 1 aliphatic heterocycles. The van der Waals surface area contributed by atoms with Gasteiger partial charge in [0.2, 0.25) is 0 Å². The third-order valence-electron chi connectivity index (χ3n) is 7.08. The number of esters is 2. The van der Waals surface area contributed by atoms with Crippen LogP contribution in [-0.2, 0) is 16.1 Å². The zero-order valence-corrected chi connectivity index (χ0v) is 21.8. The lowest BCUT2D eigenvalue weighted by molar-refractivity contribution is -0.141. The van der Waals surface area contributed by atoms with Crippen molar-refractivity contribution in [3.8, 4) is 23.0 Å². The van der Waals surface area contributed by atoms with E-state index >= 15 is 0 Å². The van der Waals surface area contributed by atoms with Crippen LogP contribution in [0.4, 0.5) is 0 Å². The Labute approximate surface area is 212 Å². The summed E-state index contributed by atoms with van der Waals surface area (Å²) in [5.74, 6) is 0.558. The fourth-order valence-electron chi connectivity index (χ4n) is 5.20. The molecule has 0 saturated heterocycles. The summed E-state index contributed by atoms with van der Waals surface area (Å²) < 4.78 is 23.4. The van der Waals surface area contributed by atoms with Crippen LogP contribution in [-0.4, -0.2) is 24.2 Å². The number of fused-ring (bicyclic) bond motifs is 2. The second-order valence-electron chi connectivity index (χ2n) is 10.4. The van der Waals surface area contributed by atoms with E-state index in [1.165, 1.54) is 7.11 Å². The summed E-state index contributed by atoms with van der Waals surface area (Å²) in [4.78, 5) is 26.2. The lowest BCUT2D eigenvalue weighted by Crippen LogP contribution is -2.29. The Bertz CT molecular complexity index is 1140. The molecule has 3 atom stereocenters. The summed E-state index contributed by atoms with van der Waals surface area (Å²) in [6.45, 7) is 7.95. The van der Waals surface area contributed by atoms with Gasteiger partial charge in [-0.2, -0.15) is 0 Å². The maximum absolute atomic E-state index is 13.1. The minimum atomic E-state index is -0.813. The predicted octanol–water partition coefficient (Wildman–Crippen LogP) is 6.28. The van der Waals surface area contributed by atoms with Crippen LogP contribution in [0.25, 0.3) is 0 Å². The Hall–Kier alpha value is -3.06. The first-order chi connectivity index (χ1) is 17.2. The molecule has 0 spiro atoms. The van der Waals surface area contributed by atoms with E-state index < -0.39 is 12.1 Å². The van der Waals surface area contributed by atoms with Crippen LogP contribution in [0.5, 0.6) is 23.0 Å². The first-order valence-electron chi connectivity index (χ1n) is 12.8. The molecule has 7 heteroatoms. The van der Waals surface area contributed by atoms with Crippen molar-refractivity contribution in [3.63, 3.8) is 0 Å². The first kappa shape index (κ1) is 26.0. The molecule has 1 fully saturated rings. The zero-order chi connectivity index (χ0) is 26.0. The van der Waals surface area contributed by atoms with Gasteiger partial charge in [-0.3, -0.25) is 4.79 Å². The summed E-state index contributed by atoms with van der Waals surface area (Å²) in [7, 11) is 1.45. The second-order valence-corrected chi connectivity index (χ2v) is 10.4. The molecule has 4 rings (SSSR count). The van der Waals surface area contributed by atoms with Gasteiger partial charge in [0.1, 0.15) is 23.7 Å². The lowest BCUT2D eigenvalue weighted by Gasteiger charge is -2.28. The highest BCUT2D eigenvalue weighted by atomic mass is 16.6. The number of methoxy groups -OCH3 is 1. The molecule has 0 aromatic heterocycles. The Morgan fingerprint density at radius 1 is 1.19 bits per heavy atom. The van der Waals surface area contributed by atoms with Gasteiger partial charge in [-0.1, -0.05) is 33.6 Å². The number of hydrogen-bond acceptors (Lipinski definition) is 7. The van der Waals surface area contributed by atoms with E-state index in [0.29, 0.717) is 29.0 Å². The molecule has 0 bridgehead atoms. The maximum Gasteiger partial charge on any atom is 0.346 e. The number of carbonyl (C=O) groups excluding carboxylic acids is 2. The Kier molecular flexibility index (Phi) is 7.88. The first-order valence-corrected chi connectivity index (χ1v) is 12.8. The lowest BCUT2D eigenvalue weighted by atomic mass is 9.80. The van der Waals surface area contributed by atoms with Crippen molar-refractivity contribution in [1.82, 2.24) is 0 Å². The summed E-state index contributed by atoms with van der Waals surface area (Å²) in [5, 5.41) is 10.8. The molecule has 1 saturated carbocycles. The van der Waals surface area contributed by atoms with Crippen molar-refractivity contribution in [2.24, 2.45) is 17.8 Å². The molecule has 1 heterocycles. The van der Waals surface area contributed by atoms with E-state index in [2.05, 4.69) is 6.92 Å². The molecule has 0 amide bonds. The number of aliphatic hydroxyl groups excluding tert-OH is 1. The van der Waals surface area contributed by atoms with Crippen molar-refractivity contribution < 1.29 is 33.6 Å². The van der Waals surface area contributed by atoms with Gasteiger partial charge in [0.25, 0.3) is 0 Å². The van der Waals surface area contributed by atoms with Crippen molar-refractivity contribution >= 4 is 11.9 Å². The number of aliphatic hydroxyl groups is 1. The van der Waals surface area contributed by atoms with Crippen molar-refractivity contribution in [1.29, 1.82) is 0 Å². The summed E-state index contributed by atoms with van der Waals surface area (Å²) in [6, 6.07) is 6.95. The van der Waals surface area contributed by atoms with Crippen LogP contribution in [0.1, 0.15) is 86.0 Å². The van der Waals surface area contributed by atoms with Crippen LogP contribution in [0.3, 0.4) is 0 Å². The largest absolute Gasteiger partial charge is 0.495 e. The third-order valence-corrected chi connectivity index (χ3v) is 7.08. The van der Waals surface area contributed by atoms with E-state index in [0.717, 1.165) is 31.2 Å². The molecule has 2 aromatic rings. The van der Waals surface area contributed by atoms with E-state index in [4.69, 9.17) is 18.9 Å². The fourth-order valence-corrected chi connectivity index (χ4v) is 5.20. The Morgan fingerprint density at radius 2 is 1.94 bits per heavy atom. The van der Waals surface area contributed by atoms with Gasteiger partial charge in [-0.05, 0) is 67.9 Å². The number of cyclic esters (lactones) is 1. The molecule has 36 heavy (non-hydrogen) atoms. The highest BCUT2D eigenvalue weighted by Crippen LogP contribution is 2.45. The van der Waals surface area contributed by atoms with Crippen LogP contribution < -0.4 is 14.2 Å². The van der Waals surface area contributed by atoms with Gasteiger partial charge in [-0.15, -0.1) is 0 Å². The second kappa shape index (κ2) is 10.9. The number of carbonyl (C=O) groups is 2. The Balaban J connectivity index is 1.74. The number of rotatable bonds is 6. The normalized spacial score (nSPS) is 20.2. The van der Waals surface area contributed by atoms with E-state index in [-0.39, 0.29) is 47.4 Å². The molecule has 1 aliphatic carbocycles. The molecule has 2 aromatic carbocycles. The molecular weight excluding hydrogens is 460 g/mol. The maximum atomic E-state index is 13.1. The average Bonchev–Trinajstić information content (AvgIpc) is 2.82. The summed E-state index contributed by atoms with van der Waals surface area (Å²) in [5.41, 5.74) is 2.06. The highest BCUT2D eigenvalue weighted by molar-refractivity contribution is 5.96. The molecule has 2 unspecified atom stereocenters. The third kappa shape index (κ3) is 5.36. The van der Waals surface area contributed by atoms with Gasteiger partial charge in [0.05, 0.1) is 19.1 Å². The van der Waals surface area contributed by atoms with E-state index in [1.54, 1.807) is 18.2 Å².